The Kier molecular flexibility index (Phi) is 6.87. The van der Waals surface area contributed by atoms with E-state index in [4.69, 9.17) is 9.84 Å². The van der Waals surface area contributed by atoms with E-state index in [1.807, 2.05) is 6.92 Å². The molecule has 0 aliphatic carbocycles. The van der Waals surface area contributed by atoms with Gasteiger partial charge >= 0.3 is 5.97 Å². The Morgan fingerprint density at radius 3 is 2.75 bits per heavy atom. The number of nitrogens with one attached hydrogen (secondary N) is 1. The fourth-order valence-corrected chi connectivity index (χ4v) is 4.00. The molecule has 2 atom stereocenters. The van der Waals surface area contributed by atoms with Gasteiger partial charge in [-0.3, -0.25) is 4.79 Å². The van der Waals surface area contributed by atoms with Gasteiger partial charge in [-0.1, -0.05) is 6.42 Å². The summed E-state index contributed by atoms with van der Waals surface area (Å²) < 4.78 is 33.0. The SMILES string of the molecule is COCCCC(NS(=O)(=O)N1CCCCC1C)C(=O)O. The lowest BCUT2D eigenvalue weighted by Gasteiger charge is -2.33. The van der Waals surface area contributed by atoms with Gasteiger partial charge in [-0.25, -0.2) is 0 Å². The van der Waals surface area contributed by atoms with Crippen LogP contribution < -0.4 is 4.72 Å². The number of hydrogen-bond donors (Lipinski definition) is 2. The van der Waals surface area contributed by atoms with Crippen molar-refractivity contribution in [2.45, 2.75) is 51.1 Å². The third kappa shape index (κ3) is 5.01. The van der Waals surface area contributed by atoms with Crippen LogP contribution in [0.3, 0.4) is 0 Å². The van der Waals surface area contributed by atoms with Crippen molar-refractivity contribution in [2.75, 3.05) is 20.3 Å². The van der Waals surface area contributed by atoms with Crippen LogP contribution in [0.4, 0.5) is 0 Å². The molecule has 1 aliphatic rings. The van der Waals surface area contributed by atoms with Crippen LogP contribution in [0.15, 0.2) is 0 Å². The van der Waals surface area contributed by atoms with Gasteiger partial charge in [0, 0.05) is 26.3 Å². The van der Waals surface area contributed by atoms with Crippen molar-refractivity contribution >= 4 is 16.2 Å². The number of carbonyl (C=O) groups is 1. The second kappa shape index (κ2) is 7.92. The minimum Gasteiger partial charge on any atom is -0.480 e. The molecule has 0 aromatic heterocycles. The van der Waals surface area contributed by atoms with Crippen molar-refractivity contribution in [2.24, 2.45) is 0 Å². The van der Waals surface area contributed by atoms with Gasteiger partial charge in [-0.15, -0.1) is 0 Å². The molecule has 8 heteroatoms. The summed E-state index contributed by atoms with van der Waals surface area (Å²) in [4.78, 5) is 11.1. The molecular weight excluding hydrogens is 284 g/mol. The average molecular weight is 308 g/mol. The number of carboxylic acids is 1. The van der Waals surface area contributed by atoms with Gasteiger partial charge in [0.15, 0.2) is 0 Å². The molecule has 1 fully saturated rings. The van der Waals surface area contributed by atoms with Gasteiger partial charge in [0.25, 0.3) is 10.2 Å². The van der Waals surface area contributed by atoms with E-state index in [2.05, 4.69) is 4.72 Å². The summed E-state index contributed by atoms with van der Waals surface area (Å²) in [6.45, 7) is 2.70. The maximum absolute atomic E-state index is 12.3. The summed E-state index contributed by atoms with van der Waals surface area (Å²) in [6.07, 6.45) is 3.33. The predicted molar refractivity (Wildman–Crippen MR) is 74.6 cm³/mol. The van der Waals surface area contributed by atoms with Gasteiger partial charge < -0.3 is 9.84 Å². The average Bonchev–Trinajstić information content (AvgIpc) is 2.37. The van der Waals surface area contributed by atoms with Crippen LogP contribution in [0.5, 0.6) is 0 Å². The summed E-state index contributed by atoms with van der Waals surface area (Å²) in [5.41, 5.74) is 0. The molecular formula is C12H24N2O5S. The zero-order chi connectivity index (χ0) is 15.2. The molecule has 1 aliphatic heterocycles. The number of nitrogens with zero attached hydrogens (tertiary/aromatic N) is 1. The zero-order valence-corrected chi connectivity index (χ0v) is 12.9. The Morgan fingerprint density at radius 1 is 1.50 bits per heavy atom. The normalized spacial score (nSPS) is 22.6. The summed E-state index contributed by atoms with van der Waals surface area (Å²) in [5.74, 6) is -1.16. The third-order valence-electron chi connectivity index (χ3n) is 3.48. The Bertz CT molecular complexity index is 412. The molecule has 118 valence electrons. The molecule has 0 saturated carbocycles. The monoisotopic (exact) mass is 308 g/mol. The van der Waals surface area contributed by atoms with Crippen LogP contribution in [0.1, 0.15) is 39.0 Å². The Balaban J connectivity index is 2.67. The highest BCUT2D eigenvalue weighted by atomic mass is 32.2. The fraction of sp³-hybridized carbons (Fsp3) is 0.917. The maximum Gasteiger partial charge on any atom is 0.321 e. The molecule has 7 nitrogen and oxygen atoms in total. The van der Waals surface area contributed by atoms with E-state index in [1.165, 1.54) is 11.4 Å². The fourth-order valence-electron chi connectivity index (χ4n) is 2.34. The number of rotatable bonds is 8. The van der Waals surface area contributed by atoms with Crippen molar-refractivity contribution in [3.63, 3.8) is 0 Å². The van der Waals surface area contributed by atoms with Crippen LogP contribution in [-0.4, -0.2) is 56.1 Å². The first kappa shape index (κ1) is 17.4. The van der Waals surface area contributed by atoms with Crippen molar-refractivity contribution < 1.29 is 23.1 Å². The topological polar surface area (TPSA) is 95.9 Å². The minimum absolute atomic E-state index is 0.0883. The van der Waals surface area contributed by atoms with E-state index >= 15 is 0 Å². The lowest BCUT2D eigenvalue weighted by molar-refractivity contribution is -0.139. The highest BCUT2D eigenvalue weighted by Crippen LogP contribution is 2.19. The van der Waals surface area contributed by atoms with E-state index < -0.39 is 22.2 Å². The highest BCUT2D eigenvalue weighted by Gasteiger charge is 2.33. The third-order valence-corrected chi connectivity index (χ3v) is 5.22. The minimum atomic E-state index is -3.75. The number of methoxy groups -OCH3 is 1. The van der Waals surface area contributed by atoms with Crippen molar-refractivity contribution in [1.82, 2.24) is 9.03 Å². The smallest absolute Gasteiger partial charge is 0.321 e. The van der Waals surface area contributed by atoms with Crippen LogP contribution >= 0.6 is 0 Å². The molecule has 2 unspecified atom stereocenters. The van der Waals surface area contributed by atoms with Gasteiger partial charge in [0.1, 0.15) is 6.04 Å². The largest absolute Gasteiger partial charge is 0.480 e. The molecule has 1 heterocycles. The number of piperidine rings is 1. The first-order valence-corrected chi connectivity index (χ1v) is 8.33. The molecule has 1 rings (SSSR count). The number of carboxylic acid groups (broad SMARTS) is 1. The van der Waals surface area contributed by atoms with Gasteiger partial charge in [0.2, 0.25) is 0 Å². The molecule has 0 amide bonds. The Labute approximate surface area is 120 Å². The first-order chi connectivity index (χ1) is 9.38. The summed E-state index contributed by atoms with van der Waals surface area (Å²) in [7, 11) is -2.23. The number of ether oxygens (including phenoxy) is 1. The van der Waals surface area contributed by atoms with Crippen LogP contribution in [0.25, 0.3) is 0 Å². The quantitative estimate of drug-likeness (QED) is 0.639. The van der Waals surface area contributed by atoms with Crippen molar-refractivity contribution in [3.8, 4) is 0 Å². The van der Waals surface area contributed by atoms with Crippen molar-refractivity contribution in [3.05, 3.63) is 0 Å². The highest BCUT2D eigenvalue weighted by molar-refractivity contribution is 7.87. The second-order valence-corrected chi connectivity index (χ2v) is 6.76. The summed E-state index contributed by atoms with van der Waals surface area (Å²) in [6, 6.07) is -1.20. The lowest BCUT2D eigenvalue weighted by atomic mass is 10.1. The summed E-state index contributed by atoms with van der Waals surface area (Å²) >= 11 is 0. The molecule has 2 N–H and O–H groups in total. The molecule has 0 spiro atoms. The van der Waals surface area contributed by atoms with E-state index in [1.54, 1.807) is 0 Å². The van der Waals surface area contributed by atoms with Gasteiger partial charge in [-0.05, 0) is 32.6 Å². The molecule has 20 heavy (non-hydrogen) atoms. The van der Waals surface area contributed by atoms with Crippen LogP contribution in [-0.2, 0) is 19.7 Å². The maximum atomic E-state index is 12.3. The Morgan fingerprint density at radius 2 is 2.20 bits per heavy atom. The predicted octanol–water partition coefficient (Wildman–Crippen LogP) is 0.575. The number of aliphatic carboxylic acids is 1. The van der Waals surface area contributed by atoms with E-state index in [0.717, 1.165) is 19.3 Å². The lowest BCUT2D eigenvalue weighted by Crippen LogP contribution is -2.52. The van der Waals surface area contributed by atoms with Gasteiger partial charge in [-0.2, -0.15) is 17.4 Å². The molecule has 0 radical (unpaired) electrons. The molecule has 0 aromatic carbocycles. The molecule has 0 bridgehead atoms. The van der Waals surface area contributed by atoms with Crippen LogP contribution in [0, 0.1) is 0 Å². The van der Waals surface area contributed by atoms with E-state index in [-0.39, 0.29) is 12.5 Å². The van der Waals surface area contributed by atoms with Gasteiger partial charge in [0.05, 0.1) is 0 Å². The number of hydrogen-bond acceptors (Lipinski definition) is 4. The molecule has 0 aromatic rings. The second-order valence-electron chi connectivity index (χ2n) is 5.10. The molecule has 1 saturated heterocycles. The standard InChI is InChI=1S/C12H24N2O5S/c1-10-6-3-4-8-14(10)20(17,18)13-11(12(15)16)7-5-9-19-2/h10-11,13H,3-9H2,1-2H3,(H,15,16). The van der Waals surface area contributed by atoms with Crippen molar-refractivity contribution in [1.29, 1.82) is 0 Å². The van der Waals surface area contributed by atoms with E-state index in [9.17, 15) is 13.2 Å². The summed E-state index contributed by atoms with van der Waals surface area (Å²) in [5, 5.41) is 9.11. The Hall–Kier alpha value is -0.700. The van der Waals surface area contributed by atoms with Crippen LogP contribution in [0.2, 0.25) is 0 Å². The zero-order valence-electron chi connectivity index (χ0n) is 12.0. The van der Waals surface area contributed by atoms with E-state index in [0.29, 0.717) is 19.6 Å². The first-order valence-electron chi connectivity index (χ1n) is 6.89.